The van der Waals surface area contributed by atoms with Crippen LogP contribution in [0.1, 0.15) is 18.1 Å². The minimum atomic E-state index is -0.982. The third kappa shape index (κ3) is 2.46. The van der Waals surface area contributed by atoms with E-state index in [1.165, 1.54) is 0 Å². The zero-order valence-corrected chi connectivity index (χ0v) is 7.69. The number of carboxylic acids is 1. The minimum absolute atomic E-state index is 0.528. The van der Waals surface area contributed by atoms with E-state index in [2.05, 4.69) is 0 Å². The number of nitrogens with zero attached hydrogens (tertiary/aromatic N) is 1. The highest BCUT2D eigenvalue weighted by molar-refractivity contribution is 5.89. The molecule has 14 heavy (non-hydrogen) atoms. The first-order valence-electron chi connectivity index (χ1n) is 4.05. The van der Waals surface area contributed by atoms with Gasteiger partial charge in [-0.1, -0.05) is 12.1 Å². The van der Waals surface area contributed by atoms with Crippen molar-refractivity contribution in [1.29, 1.82) is 5.26 Å². The fraction of sp³-hybridized carbons (Fsp3) is 0.0909. The van der Waals surface area contributed by atoms with Gasteiger partial charge in [-0.2, -0.15) is 5.26 Å². The first-order chi connectivity index (χ1) is 6.63. The Morgan fingerprint density at radius 3 is 2.86 bits per heavy atom. The summed E-state index contributed by atoms with van der Waals surface area (Å²) in [5, 5.41) is 17.2. The van der Waals surface area contributed by atoms with Crippen LogP contribution < -0.4 is 0 Å². The molecule has 3 nitrogen and oxygen atoms in total. The number of rotatable bonds is 2. The monoisotopic (exact) mass is 187 g/mol. The molecule has 0 aliphatic heterocycles. The average molecular weight is 187 g/mol. The number of nitriles is 1. The molecule has 0 radical (unpaired) electrons. The highest BCUT2D eigenvalue weighted by atomic mass is 16.4. The number of hydrogen-bond acceptors (Lipinski definition) is 2. The zero-order chi connectivity index (χ0) is 10.6. The Kier molecular flexibility index (Phi) is 3.03. The van der Waals surface area contributed by atoms with Gasteiger partial charge in [-0.05, 0) is 30.2 Å². The second-order valence-electron chi connectivity index (χ2n) is 2.86. The lowest BCUT2D eigenvalue weighted by atomic mass is 10.0. The molecule has 0 heterocycles. The van der Waals surface area contributed by atoms with Gasteiger partial charge >= 0.3 is 5.97 Å². The molecule has 0 atom stereocenters. The molecule has 1 aromatic carbocycles. The highest BCUT2D eigenvalue weighted by Crippen LogP contribution is 2.14. The molecular weight excluding hydrogens is 178 g/mol. The molecule has 0 unspecified atom stereocenters. The van der Waals surface area contributed by atoms with Gasteiger partial charge in [0, 0.05) is 6.08 Å². The van der Waals surface area contributed by atoms with Crippen LogP contribution in [0, 0.1) is 11.3 Å². The molecule has 1 aromatic rings. The number of benzene rings is 1. The molecule has 0 aliphatic rings. The summed E-state index contributed by atoms with van der Waals surface area (Å²) >= 11 is 0. The van der Waals surface area contributed by atoms with Crippen molar-refractivity contribution in [1.82, 2.24) is 0 Å². The largest absolute Gasteiger partial charge is 0.478 e. The van der Waals surface area contributed by atoms with Crippen LogP contribution in [0.3, 0.4) is 0 Å². The van der Waals surface area contributed by atoms with Gasteiger partial charge < -0.3 is 5.11 Å². The molecule has 0 aromatic heterocycles. The van der Waals surface area contributed by atoms with Crippen molar-refractivity contribution >= 4 is 11.5 Å². The topological polar surface area (TPSA) is 61.1 Å². The SMILES string of the molecule is C/C(=C\C(=O)O)c1cccc(C#N)c1. The quantitative estimate of drug-likeness (QED) is 0.720. The minimum Gasteiger partial charge on any atom is -0.478 e. The highest BCUT2D eigenvalue weighted by Gasteiger charge is 1.99. The fourth-order valence-electron chi connectivity index (χ4n) is 1.10. The maximum Gasteiger partial charge on any atom is 0.328 e. The zero-order valence-electron chi connectivity index (χ0n) is 7.69. The van der Waals surface area contributed by atoms with Gasteiger partial charge in [0.05, 0.1) is 11.6 Å². The summed E-state index contributed by atoms with van der Waals surface area (Å²) in [6, 6.07) is 8.84. The summed E-state index contributed by atoms with van der Waals surface area (Å²) < 4.78 is 0. The molecule has 70 valence electrons. The maximum absolute atomic E-state index is 10.4. The lowest BCUT2D eigenvalue weighted by Crippen LogP contribution is -1.90. The number of hydrogen-bond donors (Lipinski definition) is 1. The predicted octanol–water partition coefficient (Wildman–Crippen LogP) is 2.05. The summed E-state index contributed by atoms with van der Waals surface area (Å²) in [6.07, 6.45) is 1.12. The molecule has 1 N–H and O–H groups in total. The van der Waals surface area contributed by atoms with Crippen LogP contribution in [0.5, 0.6) is 0 Å². The van der Waals surface area contributed by atoms with Crippen molar-refractivity contribution in [3.8, 4) is 6.07 Å². The third-order valence-electron chi connectivity index (χ3n) is 1.79. The van der Waals surface area contributed by atoms with Crippen molar-refractivity contribution in [3.05, 3.63) is 41.5 Å². The standard InChI is InChI=1S/C11H9NO2/c1-8(5-11(13)14)10-4-2-3-9(6-10)7-12/h2-6H,1H3,(H,13,14)/b8-5+. The van der Waals surface area contributed by atoms with Crippen LogP contribution >= 0.6 is 0 Å². The van der Waals surface area contributed by atoms with Crippen molar-refractivity contribution in [2.24, 2.45) is 0 Å². The lowest BCUT2D eigenvalue weighted by Gasteiger charge is -1.99. The molecule has 0 saturated carbocycles. The predicted molar refractivity (Wildman–Crippen MR) is 52.4 cm³/mol. The number of allylic oxidation sites excluding steroid dienone is 1. The smallest absolute Gasteiger partial charge is 0.328 e. The first-order valence-corrected chi connectivity index (χ1v) is 4.05. The van der Waals surface area contributed by atoms with E-state index in [0.717, 1.165) is 11.6 Å². The summed E-state index contributed by atoms with van der Waals surface area (Å²) in [4.78, 5) is 10.4. The Morgan fingerprint density at radius 1 is 1.57 bits per heavy atom. The second kappa shape index (κ2) is 4.24. The van der Waals surface area contributed by atoms with E-state index in [9.17, 15) is 4.79 Å². The Morgan fingerprint density at radius 2 is 2.29 bits per heavy atom. The Balaban J connectivity index is 3.09. The summed E-state index contributed by atoms with van der Waals surface area (Å²) in [6.45, 7) is 1.70. The van der Waals surface area contributed by atoms with E-state index in [1.807, 2.05) is 6.07 Å². The van der Waals surface area contributed by atoms with Crippen molar-refractivity contribution < 1.29 is 9.90 Å². The van der Waals surface area contributed by atoms with E-state index >= 15 is 0 Å². The maximum atomic E-state index is 10.4. The summed E-state index contributed by atoms with van der Waals surface area (Å²) in [5.74, 6) is -0.982. The molecule has 0 spiro atoms. The van der Waals surface area contributed by atoms with Gasteiger partial charge in [-0.3, -0.25) is 0 Å². The number of carboxylic acid groups (broad SMARTS) is 1. The number of carbonyl (C=O) groups is 1. The van der Waals surface area contributed by atoms with Crippen LogP contribution in [0.2, 0.25) is 0 Å². The van der Waals surface area contributed by atoms with Gasteiger partial charge in [0.15, 0.2) is 0 Å². The molecule has 0 bridgehead atoms. The number of aliphatic carboxylic acids is 1. The van der Waals surface area contributed by atoms with E-state index < -0.39 is 5.97 Å². The van der Waals surface area contributed by atoms with Crippen LogP contribution in [-0.4, -0.2) is 11.1 Å². The first kappa shape index (κ1) is 10.0. The van der Waals surface area contributed by atoms with Gasteiger partial charge in [-0.15, -0.1) is 0 Å². The average Bonchev–Trinajstić information content (AvgIpc) is 2.17. The second-order valence-corrected chi connectivity index (χ2v) is 2.86. The van der Waals surface area contributed by atoms with E-state index in [4.69, 9.17) is 10.4 Å². The molecule has 3 heteroatoms. The van der Waals surface area contributed by atoms with Crippen molar-refractivity contribution in [3.63, 3.8) is 0 Å². The summed E-state index contributed by atoms with van der Waals surface area (Å²) in [7, 11) is 0. The van der Waals surface area contributed by atoms with Gasteiger partial charge in [-0.25, -0.2) is 4.79 Å². The van der Waals surface area contributed by atoms with E-state index in [0.29, 0.717) is 11.1 Å². The van der Waals surface area contributed by atoms with Crippen LogP contribution in [0.25, 0.3) is 5.57 Å². The normalized spacial score (nSPS) is 10.7. The Hall–Kier alpha value is -2.08. The fourth-order valence-corrected chi connectivity index (χ4v) is 1.10. The molecule has 1 rings (SSSR count). The van der Waals surface area contributed by atoms with Gasteiger partial charge in [0.1, 0.15) is 0 Å². The van der Waals surface area contributed by atoms with Crippen LogP contribution in [-0.2, 0) is 4.79 Å². The Bertz CT molecular complexity index is 427. The molecule has 0 amide bonds. The van der Waals surface area contributed by atoms with Crippen molar-refractivity contribution in [2.45, 2.75) is 6.92 Å². The summed E-state index contributed by atoms with van der Waals surface area (Å²) in [5.41, 5.74) is 1.92. The third-order valence-corrected chi connectivity index (χ3v) is 1.79. The molecule has 0 fully saturated rings. The Labute approximate surface area is 81.9 Å². The van der Waals surface area contributed by atoms with Crippen molar-refractivity contribution in [2.75, 3.05) is 0 Å². The molecule has 0 aliphatic carbocycles. The van der Waals surface area contributed by atoms with Gasteiger partial charge in [0.25, 0.3) is 0 Å². The van der Waals surface area contributed by atoms with Gasteiger partial charge in [0.2, 0.25) is 0 Å². The van der Waals surface area contributed by atoms with E-state index in [1.54, 1.807) is 31.2 Å². The van der Waals surface area contributed by atoms with Crippen LogP contribution in [0.15, 0.2) is 30.3 Å². The van der Waals surface area contributed by atoms with Crippen LogP contribution in [0.4, 0.5) is 0 Å². The molecular formula is C11H9NO2. The molecule has 0 saturated heterocycles. The van der Waals surface area contributed by atoms with E-state index in [-0.39, 0.29) is 0 Å². The lowest BCUT2D eigenvalue weighted by molar-refractivity contribution is -0.131.